The van der Waals surface area contributed by atoms with Gasteiger partial charge in [0.05, 0.1) is 6.04 Å². The average molecular weight is 285 g/mol. The largest absolute Gasteiger partial charge is 0.353 e. The van der Waals surface area contributed by atoms with Crippen LogP contribution in [0, 0.1) is 6.92 Å². The predicted molar refractivity (Wildman–Crippen MR) is 85.4 cm³/mol. The summed E-state index contributed by atoms with van der Waals surface area (Å²) in [6.07, 6.45) is 2.02. The Morgan fingerprint density at radius 3 is 2.43 bits per heavy atom. The summed E-state index contributed by atoms with van der Waals surface area (Å²) in [5.74, 6) is -0.0314. The highest BCUT2D eigenvalue weighted by atomic mass is 16.1. The van der Waals surface area contributed by atoms with Gasteiger partial charge in [-0.2, -0.15) is 0 Å². The molecular formula is C17H23N3O. The number of aromatic nitrogens is 1. The number of amides is 1. The van der Waals surface area contributed by atoms with Crippen LogP contribution in [0.5, 0.6) is 0 Å². The van der Waals surface area contributed by atoms with E-state index in [4.69, 9.17) is 0 Å². The molecule has 4 heteroatoms. The molecule has 1 amide bonds. The van der Waals surface area contributed by atoms with Crippen LogP contribution in [0.2, 0.25) is 0 Å². The lowest BCUT2D eigenvalue weighted by Gasteiger charge is -2.25. The molecule has 2 aromatic rings. The summed E-state index contributed by atoms with van der Waals surface area (Å²) in [4.78, 5) is 14.3. The van der Waals surface area contributed by atoms with Gasteiger partial charge in [-0.25, -0.2) is 0 Å². The minimum atomic E-state index is -0.0314. The number of hydrogen-bond acceptors (Lipinski definition) is 2. The summed E-state index contributed by atoms with van der Waals surface area (Å²) in [5.41, 5.74) is 3.04. The molecule has 0 bridgehead atoms. The molecule has 0 saturated carbocycles. The number of hydrogen-bond donors (Lipinski definition) is 1. The van der Waals surface area contributed by atoms with Crippen LogP contribution in [0.1, 0.15) is 27.7 Å². The lowest BCUT2D eigenvalue weighted by molar-refractivity contribution is 0.0941. The van der Waals surface area contributed by atoms with E-state index >= 15 is 0 Å². The van der Waals surface area contributed by atoms with Crippen LogP contribution in [-0.4, -0.2) is 36.0 Å². The number of nitrogens with one attached hydrogen (secondary N) is 1. The van der Waals surface area contributed by atoms with Gasteiger partial charge in [0.2, 0.25) is 0 Å². The maximum atomic E-state index is 12.2. The van der Waals surface area contributed by atoms with Crippen molar-refractivity contribution in [1.29, 1.82) is 0 Å². The van der Waals surface area contributed by atoms with Gasteiger partial charge in [-0.1, -0.05) is 17.7 Å². The van der Waals surface area contributed by atoms with Crippen molar-refractivity contribution >= 4 is 5.91 Å². The SMILES string of the molecule is Cc1ccc(C(=O)NCC(c2cccn2C)N(C)C)cc1. The van der Waals surface area contributed by atoms with Crippen molar-refractivity contribution in [2.75, 3.05) is 20.6 Å². The van der Waals surface area contributed by atoms with Crippen molar-refractivity contribution in [3.8, 4) is 0 Å². The summed E-state index contributed by atoms with van der Waals surface area (Å²) in [6, 6.07) is 11.9. The quantitative estimate of drug-likeness (QED) is 0.915. The van der Waals surface area contributed by atoms with Crippen LogP contribution >= 0.6 is 0 Å². The normalized spacial score (nSPS) is 12.4. The topological polar surface area (TPSA) is 37.3 Å². The third kappa shape index (κ3) is 3.73. The number of likely N-dealkylation sites (N-methyl/N-ethyl adjacent to an activating group) is 1. The number of aryl methyl sites for hydroxylation is 2. The molecule has 0 saturated heterocycles. The zero-order chi connectivity index (χ0) is 15.4. The van der Waals surface area contributed by atoms with Gasteiger partial charge in [-0.3, -0.25) is 9.69 Å². The molecule has 1 heterocycles. The average Bonchev–Trinajstić information content (AvgIpc) is 2.85. The van der Waals surface area contributed by atoms with Crippen molar-refractivity contribution < 1.29 is 4.79 Å². The Morgan fingerprint density at radius 1 is 1.24 bits per heavy atom. The number of rotatable bonds is 5. The number of benzene rings is 1. The van der Waals surface area contributed by atoms with Crippen molar-refractivity contribution in [1.82, 2.24) is 14.8 Å². The third-order valence-corrected chi connectivity index (χ3v) is 3.72. The Kier molecular flexibility index (Phi) is 4.81. The molecular weight excluding hydrogens is 262 g/mol. The lowest BCUT2D eigenvalue weighted by atomic mass is 10.1. The van der Waals surface area contributed by atoms with E-state index < -0.39 is 0 Å². The zero-order valence-electron chi connectivity index (χ0n) is 13.1. The molecule has 0 fully saturated rings. The fraction of sp³-hybridized carbons (Fsp3) is 0.353. The molecule has 21 heavy (non-hydrogen) atoms. The molecule has 0 spiro atoms. The van der Waals surface area contributed by atoms with Crippen LogP contribution in [0.3, 0.4) is 0 Å². The van der Waals surface area contributed by atoms with Crippen molar-refractivity contribution in [3.63, 3.8) is 0 Å². The first-order valence-electron chi connectivity index (χ1n) is 7.11. The molecule has 112 valence electrons. The molecule has 0 aliphatic rings. The Hall–Kier alpha value is -2.07. The second-order valence-electron chi connectivity index (χ2n) is 5.60. The maximum absolute atomic E-state index is 12.2. The number of carbonyl (C=O) groups is 1. The second-order valence-corrected chi connectivity index (χ2v) is 5.60. The molecule has 1 unspecified atom stereocenters. The Bertz CT molecular complexity index is 599. The highest BCUT2D eigenvalue weighted by Crippen LogP contribution is 2.17. The fourth-order valence-corrected chi connectivity index (χ4v) is 2.37. The summed E-state index contributed by atoms with van der Waals surface area (Å²) in [6.45, 7) is 2.59. The first kappa shape index (κ1) is 15.3. The van der Waals surface area contributed by atoms with Crippen molar-refractivity contribution in [2.24, 2.45) is 7.05 Å². The van der Waals surface area contributed by atoms with Crippen LogP contribution in [0.15, 0.2) is 42.6 Å². The highest BCUT2D eigenvalue weighted by molar-refractivity contribution is 5.94. The summed E-state index contributed by atoms with van der Waals surface area (Å²) < 4.78 is 2.09. The highest BCUT2D eigenvalue weighted by Gasteiger charge is 2.17. The first-order valence-corrected chi connectivity index (χ1v) is 7.11. The molecule has 1 aromatic heterocycles. The van der Waals surface area contributed by atoms with E-state index in [1.807, 2.05) is 64.6 Å². The number of carbonyl (C=O) groups excluding carboxylic acids is 1. The van der Waals surface area contributed by atoms with Crippen molar-refractivity contribution in [2.45, 2.75) is 13.0 Å². The molecule has 1 aromatic carbocycles. The van der Waals surface area contributed by atoms with E-state index in [0.29, 0.717) is 12.1 Å². The van der Waals surface area contributed by atoms with E-state index in [1.165, 1.54) is 5.69 Å². The summed E-state index contributed by atoms with van der Waals surface area (Å²) >= 11 is 0. The summed E-state index contributed by atoms with van der Waals surface area (Å²) in [7, 11) is 6.07. The van der Waals surface area contributed by atoms with Gasteiger partial charge in [-0.15, -0.1) is 0 Å². The van der Waals surface area contributed by atoms with Crippen LogP contribution < -0.4 is 5.32 Å². The summed E-state index contributed by atoms with van der Waals surface area (Å²) in [5, 5.41) is 3.02. The predicted octanol–water partition coefficient (Wildman–Crippen LogP) is 2.37. The van der Waals surface area contributed by atoms with E-state index in [1.54, 1.807) is 0 Å². The van der Waals surface area contributed by atoms with Gasteiger partial charge in [0.1, 0.15) is 0 Å². The van der Waals surface area contributed by atoms with E-state index in [0.717, 1.165) is 5.56 Å². The third-order valence-electron chi connectivity index (χ3n) is 3.72. The smallest absolute Gasteiger partial charge is 0.251 e. The van der Waals surface area contributed by atoms with Crippen molar-refractivity contribution in [3.05, 3.63) is 59.4 Å². The molecule has 0 aliphatic carbocycles. The van der Waals surface area contributed by atoms with E-state index in [9.17, 15) is 4.79 Å². The van der Waals surface area contributed by atoms with Crippen LogP contribution in [0.4, 0.5) is 0 Å². The number of nitrogens with zero attached hydrogens (tertiary/aromatic N) is 2. The van der Waals surface area contributed by atoms with Gasteiger partial charge < -0.3 is 9.88 Å². The fourth-order valence-electron chi connectivity index (χ4n) is 2.37. The minimum Gasteiger partial charge on any atom is -0.353 e. The Morgan fingerprint density at radius 2 is 1.90 bits per heavy atom. The van der Waals surface area contributed by atoms with E-state index in [2.05, 4.69) is 20.9 Å². The van der Waals surface area contributed by atoms with Gasteiger partial charge in [0, 0.05) is 31.0 Å². The van der Waals surface area contributed by atoms with Gasteiger partial charge in [0.25, 0.3) is 5.91 Å². The van der Waals surface area contributed by atoms with E-state index in [-0.39, 0.29) is 11.9 Å². The molecule has 0 aliphatic heterocycles. The maximum Gasteiger partial charge on any atom is 0.251 e. The minimum absolute atomic E-state index is 0.0314. The standard InChI is InChI=1S/C17H23N3O/c1-13-7-9-14(10-8-13)17(21)18-12-16(19(2)3)15-6-5-11-20(15)4/h5-11,16H,12H2,1-4H3,(H,18,21). The molecule has 4 nitrogen and oxygen atoms in total. The van der Waals surface area contributed by atoms with Gasteiger partial charge in [0.15, 0.2) is 0 Å². The molecule has 1 atom stereocenters. The van der Waals surface area contributed by atoms with Crippen LogP contribution in [0.25, 0.3) is 0 Å². The Labute approximate surface area is 126 Å². The second kappa shape index (κ2) is 6.59. The molecule has 2 rings (SSSR count). The first-order chi connectivity index (χ1) is 9.99. The van der Waals surface area contributed by atoms with Gasteiger partial charge >= 0.3 is 0 Å². The zero-order valence-corrected chi connectivity index (χ0v) is 13.1. The van der Waals surface area contributed by atoms with Crippen LogP contribution in [-0.2, 0) is 7.05 Å². The monoisotopic (exact) mass is 285 g/mol. The molecule has 1 N–H and O–H groups in total. The molecule has 0 radical (unpaired) electrons. The Balaban J connectivity index is 2.04. The van der Waals surface area contributed by atoms with Gasteiger partial charge in [-0.05, 0) is 45.3 Å². The lowest BCUT2D eigenvalue weighted by Crippen LogP contribution is -2.35.